The lowest BCUT2D eigenvalue weighted by atomic mass is 10.0. The van der Waals surface area contributed by atoms with Crippen molar-refractivity contribution in [2.75, 3.05) is 18.4 Å². The molecule has 9 heteroatoms. The third-order valence-corrected chi connectivity index (χ3v) is 6.07. The molecule has 0 saturated carbocycles. The Morgan fingerprint density at radius 1 is 1.12 bits per heavy atom. The van der Waals surface area contributed by atoms with Gasteiger partial charge in [-0.25, -0.2) is 4.79 Å². The SMILES string of the molecule is CC(C)N1CCC(NC(=O)Oc2nc3ccccc3n2CC(=O)Nc2ccc(Cl)cc2)CC1. The van der Waals surface area contributed by atoms with E-state index in [1.165, 1.54) is 0 Å². The number of piperidine rings is 1. The molecule has 1 saturated heterocycles. The van der Waals surface area contributed by atoms with Crippen LogP contribution in [0.4, 0.5) is 10.5 Å². The average molecular weight is 470 g/mol. The van der Waals surface area contributed by atoms with Gasteiger partial charge in [0.1, 0.15) is 6.54 Å². The number of fused-ring (bicyclic) bond motifs is 1. The van der Waals surface area contributed by atoms with Crippen LogP contribution in [0.2, 0.25) is 5.02 Å². The van der Waals surface area contributed by atoms with Crippen LogP contribution in [-0.2, 0) is 11.3 Å². The van der Waals surface area contributed by atoms with Crippen LogP contribution >= 0.6 is 11.6 Å². The molecule has 8 nitrogen and oxygen atoms in total. The second-order valence-electron chi connectivity index (χ2n) is 8.46. The summed E-state index contributed by atoms with van der Waals surface area (Å²) in [4.78, 5) is 32.1. The van der Waals surface area contributed by atoms with E-state index in [1.807, 2.05) is 24.3 Å². The van der Waals surface area contributed by atoms with E-state index in [9.17, 15) is 9.59 Å². The second kappa shape index (κ2) is 10.2. The molecule has 0 bridgehead atoms. The number of carbonyl (C=O) groups is 2. The lowest BCUT2D eigenvalue weighted by Gasteiger charge is -2.34. The summed E-state index contributed by atoms with van der Waals surface area (Å²) in [7, 11) is 0. The van der Waals surface area contributed by atoms with Crippen molar-refractivity contribution in [2.24, 2.45) is 0 Å². The standard InChI is InChI=1S/C24H28ClN5O3/c1-16(2)29-13-11-19(12-14-29)27-24(32)33-23-28-20-5-3-4-6-21(20)30(23)15-22(31)26-18-9-7-17(25)8-10-18/h3-10,16,19H,11-15H2,1-2H3,(H,26,31)(H,27,32). The van der Waals surface area contributed by atoms with Crippen LogP contribution in [0.25, 0.3) is 11.0 Å². The molecule has 0 aliphatic carbocycles. The molecule has 2 aromatic carbocycles. The minimum Gasteiger partial charge on any atom is -0.375 e. The summed E-state index contributed by atoms with van der Waals surface area (Å²) in [6.07, 6.45) is 1.17. The summed E-state index contributed by atoms with van der Waals surface area (Å²) < 4.78 is 7.16. The van der Waals surface area contributed by atoms with E-state index in [1.54, 1.807) is 28.8 Å². The number of halogens is 1. The molecule has 1 aromatic heterocycles. The van der Waals surface area contributed by atoms with Crippen LogP contribution in [0.1, 0.15) is 26.7 Å². The Morgan fingerprint density at radius 2 is 1.82 bits per heavy atom. The molecule has 2 heterocycles. The van der Waals surface area contributed by atoms with Gasteiger partial charge < -0.3 is 20.3 Å². The Hall–Kier alpha value is -3.10. The molecule has 1 fully saturated rings. The molecule has 33 heavy (non-hydrogen) atoms. The third-order valence-electron chi connectivity index (χ3n) is 5.82. The fraction of sp³-hybridized carbons (Fsp3) is 0.375. The number of nitrogens with zero attached hydrogens (tertiary/aromatic N) is 3. The number of likely N-dealkylation sites (tertiary alicyclic amines) is 1. The van der Waals surface area contributed by atoms with Crippen molar-refractivity contribution in [1.29, 1.82) is 0 Å². The second-order valence-corrected chi connectivity index (χ2v) is 8.90. The molecule has 1 aliphatic heterocycles. The van der Waals surface area contributed by atoms with Gasteiger partial charge in [0.25, 0.3) is 0 Å². The number of amides is 2. The van der Waals surface area contributed by atoms with Crippen LogP contribution < -0.4 is 15.4 Å². The number of hydrogen-bond donors (Lipinski definition) is 2. The van der Waals surface area contributed by atoms with E-state index in [4.69, 9.17) is 16.3 Å². The predicted molar refractivity (Wildman–Crippen MR) is 129 cm³/mol. The molecule has 0 atom stereocenters. The predicted octanol–water partition coefficient (Wildman–Crippen LogP) is 4.29. The third kappa shape index (κ3) is 5.83. The van der Waals surface area contributed by atoms with Gasteiger partial charge in [-0.2, -0.15) is 4.98 Å². The van der Waals surface area contributed by atoms with Crippen molar-refractivity contribution in [3.8, 4) is 6.01 Å². The van der Waals surface area contributed by atoms with Gasteiger partial charge in [-0.1, -0.05) is 23.7 Å². The van der Waals surface area contributed by atoms with Gasteiger partial charge in [0, 0.05) is 35.9 Å². The van der Waals surface area contributed by atoms with Crippen LogP contribution in [0.5, 0.6) is 6.01 Å². The normalized spacial score (nSPS) is 15.0. The fourth-order valence-corrected chi connectivity index (χ4v) is 4.13. The zero-order valence-electron chi connectivity index (χ0n) is 18.8. The van der Waals surface area contributed by atoms with Crippen molar-refractivity contribution < 1.29 is 14.3 Å². The number of hydrogen-bond acceptors (Lipinski definition) is 5. The number of ether oxygens (including phenoxy) is 1. The van der Waals surface area contributed by atoms with Crippen LogP contribution in [-0.4, -0.2) is 51.6 Å². The number of carbonyl (C=O) groups excluding carboxylic acids is 2. The summed E-state index contributed by atoms with van der Waals surface area (Å²) in [5, 5.41) is 6.36. The van der Waals surface area contributed by atoms with Gasteiger partial charge in [0.15, 0.2) is 0 Å². The van der Waals surface area contributed by atoms with E-state index in [0.717, 1.165) is 25.9 Å². The van der Waals surface area contributed by atoms with Crippen LogP contribution in [0, 0.1) is 0 Å². The topological polar surface area (TPSA) is 88.5 Å². The fourth-order valence-electron chi connectivity index (χ4n) is 4.00. The quantitative estimate of drug-likeness (QED) is 0.562. The van der Waals surface area contributed by atoms with Gasteiger partial charge in [-0.3, -0.25) is 9.36 Å². The average Bonchev–Trinajstić information content (AvgIpc) is 3.12. The van der Waals surface area contributed by atoms with Gasteiger partial charge in [-0.15, -0.1) is 0 Å². The summed E-state index contributed by atoms with van der Waals surface area (Å²) in [5.74, 6) is -0.271. The van der Waals surface area contributed by atoms with E-state index in [0.29, 0.717) is 27.8 Å². The first-order valence-electron chi connectivity index (χ1n) is 11.1. The van der Waals surface area contributed by atoms with Gasteiger partial charge >= 0.3 is 12.1 Å². The van der Waals surface area contributed by atoms with Crippen molar-refractivity contribution >= 4 is 40.3 Å². The lowest BCUT2D eigenvalue weighted by molar-refractivity contribution is -0.116. The zero-order chi connectivity index (χ0) is 23.4. The van der Waals surface area contributed by atoms with Gasteiger partial charge in [0.2, 0.25) is 5.91 Å². The number of aromatic nitrogens is 2. The molecule has 4 rings (SSSR count). The van der Waals surface area contributed by atoms with Crippen LogP contribution in [0.3, 0.4) is 0 Å². The number of rotatable bonds is 6. The monoisotopic (exact) mass is 469 g/mol. The number of imidazole rings is 1. The Balaban J connectivity index is 1.44. The first kappa shape index (κ1) is 23.1. The summed E-state index contributed by atoms with van der Waals surface area (Å²) >= 11 is 5.91. The molecule has 0 radical (unpaired) electrons. The number of benzene rings is 2. The number of anilines is 1. The molecule has 174 valence electrons. The number of nitrogens with one attached hydrogen (secondary N) is 2. The highest BCUT2D eigenvalue weighted by Gasteiger charge is 2.24. The molecule has 2 amide bonds. The smallest absolute Gasteiger partial charge is 0.375 e. The first-order chi connectivity index (χ1) is 15.9. The zero-order valence-corrected chi connectivity index (χ0v) is 19.5. The Labute approximate surface area is 197 Å². The molecule has 0 unspecified atom stereocenters. The summed E-state index contributed by atoms with van der Waals surface area (Å²) in [6.45, 7) is 6.17. The highest BCUT2D eigenvalue weighted by molar-refractivity contribution is 6.30. The van der Waals surface area contributed by atoms with Crippen molar-refractivity contribution in [3.63, 3.8) is 0 Å². The Bertz CT molecular complexity index is 1120. The summed E-state index contributed by atoms with van der Waals surface area (Å²) in [6, 6.07) is 14.8. The van der Waals surface area contributed by atoms with Crippen molar-refractivity contribution in [1.82, 2.24) is 19.8 Å². The van der Waals surface area contributed by atoms with E-state index >= 15 is 0 Å². The molecule has 0 spiro atoms. The van der Waals surface area contributed by atoms with Crippen molar-refractivity contribution in [2.45, 2.75) is 45.3 Å². The minimum absolute atomic E-state index is 0.0542. The Morgan fingerprint density at radius 3 is 2.52 bits per heavy atom. The maximum absolute atomic E-state index is 12.7. The largest absolute Gasteiger partial charge is 0.415 e. The first-order valence-corrected chi connectivity index (χ1v) is 11.5. The highest BCUT2D eigenvalue weighted by Crippen LogP contribution is 2.22. The molecule has 2 N–H and O–H groups in total. The lowest BCUT2D eigenvalue weighted by Crippen LogP contribution is -2.47. The molecular formula is C24H28ClN5O3. The summed E-state index contributed by atoms with van der Waals surface area (Å²) in [5.41, 5.74) is 1.98. The molecular weight excluding hydrogens is 442 g/mol. The number of para-hydroxylation sites is 2. The minimum atomic E-state index is -0.562. The highest BCUT2D eigenvalue weighted by atomic mass is 35.5. The van der Waals surface area contributed by atoms with E-state index in [-0.39, 0.29) is 24.5 Å². The maximum atomic E-state index is 12.7. The Kier molecular flexibility index (Phi) is 7.15. The van der Waals surface area contributed by atoms with E-state index < -0.39 is 6.09 Å². The maximum Gasteiger partial charge on any atom is 0.415 e. The molecule has 1 aliphatic rings. The van der Waals surface area contributed by atoms with Gasteiger partial charge in [-0.05, 0) is 63.1 Å². The van der Waals surface area contributed by atoms with Gasteiger partial charge in [0.05, 0.1) is 11.0 Å². The van der Waals surface area contributed by atoms with Crippen molar-refractivity contribution in [3.05, 3.63) is 53.6 Å². The van der Waals surface area contributed by atoms with Crippen LogP contribution in [0.15, 0.2) is 48.5 Å². The molecule has 3 aromatic rings. The van der Waals surface area contributed by atoms with E-state index in [2.05, 4.69) is 34.4 Å².